The predicted molar refractivity (Wildman–Crippen MR) is 61.7 cm³/mol. The zero-order valence-electron chi connectivity index (χ0n) is 7.63. The number of hydrogen-bond acceptors (Lipinski definition) is 1. The molecular weight excluding hydrogens is 217 g/mol. The third kappa shape index (κ3) is 2.65. The normalized spacial score (nSPS) is 12.1. The number of halogens is 2. The Labute approximate surface area is 94.2 Å². The second-order valence-corrected chi connectivity index (χ2v) is 3.85. The molecule has 3 heteroatoms. The van der Waals surface area contributed by atoms with Crippen molar-refractivity contribution in [3.63, 3.8) is 0 Å². The van der Waals surface area contributed by atoms with Crippen LogP contribution < -0.4 is 5.73 Å². The summed E-state index contributed by atoms with van der Waals surface area (Å²) in [6.07, 6.45) is 5.84. The fraction of sp³-hybridized carbons (Fsp3) is 0.273. The van der Waals surface area contributed by atoms with Crippen molar-refractivity contribution in [3.05, 3.63) is 33.8 Å². The summed E-state index contributed by atoms with van der Waals surface area (Å²) in [5.74, 6) is 2.70. The first-order valence-electron chi connectivity index (χ1n) is 4.27. The second-order valence-electron chi connectivity index (χ2n) is 3.01. The molecule has 0 aromatic heterocycles. The van der Waals surface area contributed by atoms with E-state index in [1.807, 2.05) is 6.07 Å². The monoisotopic (exact) mass is 227 g/mol. The highest BCUT2D eigenvalue weighted by atomic mass is 35.5. The van der Waals surface area contributed by atoms with Crippen molar-refractivity contribution in [2.45, 2.75) is 12.3 Å². The molecule has 0 spiro atoms. The average molecular weight is 228 g/mol. The number of hydrogen-bond donors (Lipinski definition) is 1. The van der Waals surface area contributed by atoms with Crippen molar-refractivity contribution in [1.82, 2.24) is 0 Å². The largest absolute Gasteiger partial charge is 0.330 e. The first-order valence-corrected chi connectivity index (χ1v) is 5.03. The molecule has 2 N–H and O–H groups in total. The van der Waals surface area contributed by atoms with Gasteiger partial charge in [0.05, 0.1) is 0 Å². The van der Waals surface area contributed by atoms with Gasteiger partial charge in [-0.15, -0.1) is 12.3 Å². The number of terminal acetylenes is 1. The van der Waals surface area contributed by atoms with E-state index in [0.29, 0.717) is 23.0 Å². The van der Waals surface area contributed by atoms with Gasteiger partial charge in [0.1, 0.15) is 0 Å². The molecular formula is C11H11Cl2N. The molecule has 0 heterocycles. The lowest BCUT2D eigenvalue weighted by atomic mass is 9.96. The molecule has 0 aliphatic rings. The topological polar surface area (TPSA) is 26.0 Å². The van der Waals surface area contributed by atoms with Crippen LogP contribution in [0.15, 0.2) is 18.2 Å². The summed E-state index contributed by atoms with van der Waals surface area (Å²) < 4.78 is 0. The highest BCUT2D eigenvalue weighted by molar-refractivity contribution is 6.35. The van der Waals surface area contributed by atoms with Gasteiger partial charge in [-0.05, 0) is 17.7 Å². The van der Waals surface area contributed by atoms with Crippen LogP contribution in [0, 0.1) is 12.3 Å². The summed E-state index contributed by atoms with van der Waals surface area (Å²) >= 11 is 11.8. The quantitative estimate of drug-likeness (QED) is 0.790. The standard InChI is InChI=1S/C11H11Cl2N/c1-2-3-8(7-14)10-5-4-9(12)6-11(10)13/h1,4-6,8H,3,7,14H2. The van der Waals surface area contributed by atoms with Crippen molar-refractivity contribution in [3.8, 4) is 12.3 Å². The van der Waals surface area contributed by atoms with Gasteiger partial charge in [0.15, 0.2) is 0 Å². The van der Waals surface area contributed by atoms with Crippen LogP contribution in [-0.2, 0) is 0 Å². The molecule has 1 aromatic rings. The molecule has 1 rings (SSSR count). The number of nitrogens with two attached hydrogens (primary N) is 1. The summed E-state index contributed by atoms with van der Waals surface area (Å²) in [7, 11) is 0. The molecule has 0 amide bonds. The van der Waals surface area contributed by atoms with E-state index in [4.69, 9.17) is 35.4 Å². The van der Waals surface area contributed by atoms with E-state index in [1.54, 1.807) is 12.1 Å². The fourth-order valence-electron chi connectivity index (χ4n) is 1.30. The third-order valence-corrected chi connectivity index (χ3v) is 2.61. The van der Waals surface area contributed by atoms with Crippen LogP contribution in [0.2, 0.25) is 10.0 Å². The van der Waals surface area contributed by atoms with E-state index >= 15 is 0 Å². The van der Waals surface area contributed by atoms with Gasteiger partial charge >= 0.3 is 0 Å². The zero-order chi connectivity index (χ0) is 10.6. The Hall–Kier alpha value is -0.680. The maximum Gasteiger partial charge on any atom is 0.0456 e. The van der Waals surface area contributed by atoms with Crippen molar-refractivity contribution in [2.75, 3.05) is 6.54 Å². The fourth-order valence-corrected chi connectivity index (χ4v) is 1.86. The zero-order valence-corrected chi connectivity index (χ0v) is 9.15. The van der Waals surface area contributed by atoms with Gasteiger partial charge in [0.2, 0.25) is 0 Å². The SMILES string of the molecule is C#CCC(CN)c1ccc(Cl)cc1Cl. The molecule has 1 aromatic carbocycles. The minimum Gasteiger partial charge on any atom is -0.330 e. The molecule has 0 radical (unpaired) electrons. The van der Waals surface area contributed by atoms with Crippen LogP contribution in [0.1, 0.15) is 17.9 Å². The smallest absolute Gasteiger partial charge is 0.0456 e. The third-order valence-electron chi connectivity index (χ3n) is 2.05. The van der Waals surface area contributed by atoms with Crippen molar-refractivity contribution >= 4 is 23.2 Å². The Morgan fingerprint density at radius 3 is 2.64 bits per heavy atom. The van der Waals surface area contributed by atoms with E-state index in [-0.39, 0.29) is 5.92 Å². The molecule has 1 unspecified atom stereocenters. The van der Waals surface area contributed by atoms with E-state index in [0.717, 1.165) is 5.56 Å². The van der Waals surface area contributed by atoms with Crippen LogP contribution in [0.4, 0.5) is 0 Å². The van der Waals surface area contributed by atoms with Crippen LogP contribution in [0.5, 0.6) is 0 Å². The van der Waals surface area contributed by atoms with E-state index in [9.17, 15) is 0 Å². The molecule has 0 saturated carbocycles. The van der Waals surface area contributed by atoms with E-state index < -0.39 is 0 Å². The maximum absolute atomic E-state index is 6.03. The summed E-state index contributed by atoms with van der Waals surface area (Å²) in [5, 5.41) is 1.25. The molecule has 0 fully saturated rings. The molecule has 0 aliphatic carbocycles. The predicted octanol–water partition coefficient (Wildman–Crippen LogP) is 3.06. The highest BCUT2D eigenvalue weighted by Gasteiger charge is 2.12. The lowest BCUT2D eigenvalue weighted by Crippen LogP contribution is -2.12. The van der Waals surface area contributed by atoms with Gasteiger partial charge in [0.25, 0.3) is 0 Å². The Morgan fingerprint density at radius 1 is 1.43 bits per heavy atom. The minimum atomic E-state index is 0.116. The molecule has 1 nitrogen and oxygen atoms in total. The summed E-state index contributed by atoms with van der Waals surface area (Å²) in [4.78, 5) is 0. The Balaban J connectivity index is 2.99. The Kier molecular flexibility index (Phi) is 4.28. The van der Waals surface area contributed by atoms with Crippen LogP contribution in [0.3, 0.4) is 0 Å². The van der Waals surface area contributed by atoms with E-state index in [1.165, 1.54) is 0 Å². The van der Waals surface area contributed by atoms with Gasteiger partial charge in [-0.1, -0.05) is 29.3 Å². The highest BCUT2D eigenvalue weighted by Crippen LogP contribution is 2.28. The van der Waals surface area contributed by atoms with Crippen molar-refractivity contribution < 1.29 is 0 Å². The van der Waals surface area contributed by atoms with E-state index in [2.05, 4.69) is 5.92 Å². The maximum atomic E-state index is 6.03. The van der Waals surface area contributed by atoms with Gasteiger partial charge in [-0.3, -0.25) is 0 Å². The molecule has 0 bridgehead atoms. The van der Waals surface area contributed by atoms with Crippen LogP contribution in [0.25, 0.3) is 0 Å². The summed E-state index contributed by atoms with van der Waals surface area (Å²) in [6.45, 7) is 0.492. The first-order chi connectivity index (χ1) is 6.69. The Morgan fingerprint density at radius 2 is 2.14 bits per heavy atom. The second kappa shape index (κ2) is 5.26. The average Bonchev–Trinajstić information content (AvgIpc) is 2.15. The summed E-state index contributed by atoms with van der Waals surface area (Å²) in [6, 6.07) is 5.37. The van der Waals surface area contributed by atoms with Gasteiger partial charge in [0, 0.05) is 28.9 Å². The molecule has 14 heavy (non-hydrogen) atoms. The van der Waals surface area contributed by atoms with Crippen LogP contribution in [-0.4, -0.2) is 6.54 Å². The van der Waals surface area contributed by atoms with Crippen molar-refractivity contribution in [2.24, 2.45) is 5.73 Å². The lowest BCUT2D eigenvalue weighted by Gasteiger charge is -2.13. The number of rotatable bonds is 3. The minimum absolute atomic E-state index is 0.116. The summed E-state index contributed by atoms with van der Waals surface area (Å²) in [5.41, 5.74) is 6.58. The molecule has 1 atom stereocenters. The molecule has 0 aliphatic heterocycles. The van der Waals surface area contributed by atoms with Crippen LogP contribution >= 0.6 is 23.2 Å². The number of benzene rings is 1. The van der Waals surface area contributed by atoms with Gasteiger partial charge < -0.3 is 5.73 Å². The molecule has 0 saturated heterocycles. The Bertz CT molecular complexity index is 355. The molecule has 74 valence electrons. The lowest BCUT2D eigenvalue weighted by molar-refractivity contribution is 0.722. The van der Waals surface area contributed by atoms with Gasteiger partial charge in [-0.2, -0.15) is 0 Å². The van der Waals surface area contributed by atoms with Crippen molar-refractivity contribution in [1.29, 1.82) is 0 Å². The van der Waals surface area contributed by atoms with Gasteiger partial charge in [-0.25, -0.2) is 0 Å². The first kappa shape index (κ1) is 11.4.